The normalized spacial score (nSPS) is 18.7. The molecule has 1 aliphatic carbocycles. The van der Waals surface area contributed by atoms with Gasteiger partial charge < -0.3 is 19.9 Å². The fourth-order valence-electron chi connectivity index (χ4n) is 3.86. The fraction of sp³-hybridized carbons (Fsp3) is 0.458. The molecule has 0 spiro atoms. The highest BCUT2D eigenvalue weighted by atomic mass is 19.1. The third-order valence-electron chi connectivity index (χ3n) is 6.06. The zero-order valence-corrected chi connectivity index (χ0v) is 17.7. The van der Waals surface area contributed by atoms with E-state index in [1.807, 2.05) is 24.3 Å². The van der Waals surface area contributed by atoms with Crippen molar-refractivity contribution in [1.29, 1.82) is 0 Å². The molecular formula is C24H30FN3O2. The van der Waals surface area contributed by atoms with Crippen LogP contribution >= 0.6 is 0 Å². The molecule has 0 aromatic heterocycles. The molecule has 1 unspecified atom stereocenters. The maximum Gasteiger partial charge on any atom is 0.255 e. The van der Waals surface area contributed by atoms with Gasteiger partial charge in [0.15, 0.2) is 11.6 Å². The van der Waals surface area contributed by atoms with Crippen LogP contribution < -0.4 is 15.0 Å². The Balaban J connectivity index is 1.32. The second-order valence-electron chi connectivity index (χ2n) is 8.58. The van der Waals surface area contributed by atoms with Gasteiger partial charge in [-0.2, -0.15) is 0 Å². The zero-order chi connectivity index (χ0) is 21.1. The maximum atomic E-state index is 14.3. The summed E-state index contributed by atoms with van der Waals surface area (Å²) in [6, 6.07) is 12.8. The minimum Gasteiger partial charge on any atom is -0.491 e. The first-order valence-electron chi connectivity index (χ1n) is 10.7. The molecule has 1 saturated carbocycles. The third kappa shape index (κ3) is 5.11. The largest absolute Gasteiger partial charge is 0.491 e. The summed E-state index contributed by atoms with van der Waals surface area (Å²) in [5.41, 5.74) is 2.12. The Morgan fingerprint density at radius 2 is 1.93 bits per heavy atom. The van der Waals surface area contributed by atoms with E-state index in [1.165, 1.54) is 25.0 Å². The Kier molecular flexibility index (Phi) is 6.23. The first-order valence-corrected chi connectivity index (χ1v) is 10.7. The number of hydrogen-bond acceptors (Lipinski definition) is 4. The van der Waals surface area contributed by atoms with Gasteiger partial charge in [0.25, 0.3) is 5.91 Å². The van der Waals surface area contributed by atoms with Gasteiger partial charge in [-0.3, -0.25) is 4.79 Å². The molecule has 2 aromatic rings. The molecular weight excluding hydrogens is 381 g/mol. The molecule has 160 valence electrons. The Labute approximate surface area is 177 Å². The molecule has 1 amide bonds. The molecule has 0 bridgehead atoms. The molecule has 5 nitrogen and oxygen atoms in total. The lowest BCUT2D eigenvalue weighted by Gasteiger charge is -2.22. The Bertz CT molecular complexity index is 881. The van der Waals surface area contributed by atoms with Gasteiger partial charge in [-0.25, -0.2) is 4.39 Å². The van der Waals surface area contributed by atoms with Crippen LogP contribution in [0.5, 0.6) is 5.75 Å². The van der Waals surface area contributed by atoms with E-state index in [2.05, 4.69) is 29.2 Å². The van der Waals surface area contributed by atoms with Crippen molar-refractivity contribution in [3.05, 3.63) is 53.8 Å². The Morgan fingerprint density at radius 3 is 2.57 bits per heavy atom. The lowest BCUT2D eigenvalue weighted by atomic mass is 10.2. The summed E-state index contributed by atoms with van der Waals surface area (Å²) in [6.45, 7) is 2.56. The fourth-order valence-corrected chi connectivity index (χ4v) is 3.86. The van der Waals surface area contributed by atoms with Gasteiger partial charge in [-0.05, 0) is 75.3 Å². The summed E-state index contributed by atoms with van der Waals surface area (Å²) in [5.74, 6) is 0.112. The molecule has 6 heteroatoms. The third-order valence-corrected chi connectivity index (χ3v) is 6.06. The summed E-state index contributed by atoms with van der Waals surface area (Å²) >= 11 is 0. The van der Waals surface area contributed by atoms with Crippen LogP contribution in [0.1, 0.15) is 36.0 Å². The summed E-state index contributed by atoms with van der Waals surface area (Å²) < 4.78 is 19.8. The van der Waals surface area contributed by atoms with Crippen molar-refractivity contribution in [3.8, 4) is 5.75 Å². The maximum absolute atomic E-state index is 14.3. The van der Waals surface area contributed by atoms with Crippen LogP contribution in [0.2, 0.25) is 0 Å². The van der Waals surface area contributed by atoms with E-state index < -0.39 is 5.82 Å². The van der Waals surface area contributed by atoms with Crippen LogP contribution in [0, 0.1) is 11.7 Å². The van der Waals surface area contributed by atoms with Crippen molar-refractivity contribution in [1.82, 2.24) is 4.90 Å². The minimum absolute atomic E-state index is 0.207. The number of nitrogens with one attached hydrogen (secondary N) is 1. The summed E-state index contributed by atoms with van der Waals surface area (Å²) in [5, 5.41) is 2.84. The molecule has 2 fully saturated rings. The number of amides is 1. The van der Waals surface area contributed by atoms with Crippen LogP contribution in [-0.4, -0.2) is 50.6 Å². The van der Waals surface area contributed by atoms with Crippen molar-refractivity contribution in [2.75, 3.05) is 44.0 Å². The van der Waals surface area contributed by atoms with Gasteiger partial charge in [-0.1, -0.05) is 12.8 Å². The predicted octanol–water partition coefficient (Wildman–Crippen LogP) is 4.40. The number of carbonyl (C=O) groups excluding carboxylic acids is 1. The van der Waals surface area contributed by atoms with Crippen LogP contribution in [0.25, 0.3) is 0 Å². The lowest BCUT2D eigenvalue weighted by Crippen LogP contribution is -2.31. The van der Waals surface area contributed by atoms with Crippen molar-refractivity contribution in [3.63, 3.8) is 0 Å². The van der Waals surface area contributed by atoms with Crippen LogP contribution in [-0.2, 0) is 0 Å². The number of hydrogen-bond donors (Lipinski definition) is 1. The van der Waals surface area contributed by atoms with Gasteiger partial charge >= 0.3 is 0 Å². The molecule has 1 heterocycles. The number of ether oxygens (including phenoxy) is 1. The number of rotatable bonds is 8. The van der Waals surface area contributed by atoms with Crippen LogP contribution in [0.15, 0.2) is 42.5 Å². The summed E-state index contributed by atoms with van der Waals surface area (Å²) in [6.07, 6.45) is 4.61. The predicted molar refractivity (Wildman–Crippen MR) is 118 cm³/mol. The smallest absolute Gasteiger partial charge is 0.255 e. The molecule has 1 atom stereocenters. The van der Waals surface area contributed by atoms with E-state index in [4.69, 9.17) is 4.74 Å². The number of carbonyl (C=O) groups is 1. The minimum atomic E-state index is -0.502. The molecule has 4 rings (SSSR count). The highest BCUT2D eigenvalue weighted by molar-refractivity contribution is 6.04. The van der Waals surface area contributed by atoms with E-state index in [9.17, 15) is 9.18 Å². The first kappa shape index (κ1) is 20.7. The van der Waals surface area contributed by atoms with Gasteiger partial charge in [0.05, 0.1) is 6.61 Å². The van der Waals surface area contributed by atoms with Crippen molar-refractivity contribution in [2.45, 2.75) is 31.7 Å². The standard InChI is InChI=1S/C24H30FN3O2/c1-27(2)21-11-13-28(16-21)20-8-6-19(7-9-20)26-24(29)18-5-10-23(22(25)15-18)30-14-12-17-3-4-17/h5-10,15,17,21H,3-4,11-14,16H2,1-2H3,(H,26,29). The number of halogens is 1. The van der Waals surface area contributed by atoms with E-state index in [-0.39, 0.29) is 17.2 Å². The highest BCUT2D eigenvalue weighted by Gasteiger charge is 2.24. The average molecular weight is 412 g/mol. The second kappa shape index (κ2) is 9.04. The Hall–Kier alpha value is -2.60. The molecule has 30 heavy (non-hydrogen) atoms. The van der Waals surface area contributed by atoms with Gasteiger partial charge in [-0.15, -0.1) is 0 Å². The van der Waals surface area contributed by atoms with Crippen molar-refractivity contribution >= 4 is 17.3 Å². The van der Waals surface area contributed by atoms with Crippen LogP contribution in [0.4, 0.5) is 15.8 Å². The summed E-state index contributed by atoms with van der Waals surface area (Å²) in [4.78, 5) is 17.1. The number of benzene rings is 2. The second-order valence-corrected chi connectivity index (χ2v) is 8.58. The molecule has 1 saturated heterocycles. The van der Waals surface area contributed by atoms with Crippen LogP contribution in [0.3, 0.4) is 0 Å². The molecule has 0 radical (unpaired) electrons. The van der Waals surface area contributed by atoms with E-state index >= 15 is 0 Å². The van der Waals surface area contributed by atoms with E-state index in [0.29, 0.717) is 18.3 Å². The topological polar surface area (TPSA) is 44.8 Å². The Morgan fingerprint density at radius 1 is 1.17 bits per heavy atom. The molecule has 1 aliphatic heterocycles. The number of nitrogens with zero attached hydrogens (tertiary/aromatic N) is 2. The quantitative estimate of drug-likeness (QED) is 0.699. The molecule has 2 aromatic carbocycles. The lowest BCUT2D eigenvalue weighted by molar-refractivity contribution is 0.102. The van der Waals surface area contributed by atoms with E-state index in [1.54, 1.807) is 6.07 Å². The zero-order valence-electron chi connectivity index (χ0n) is 17.7. The SMILES string of the molecule is CN(C)C1CCN(c2ccc(NC(=O)c3ccc(OCCC4CC4)c(F)c3)cc2)C1. The van der Waals surface area contributed by atoms with Gasteiger partial charge in [0.2, 0.25) is 0 Å². The number of likely N-dealkylation sites (N-methyl/N-ethyl adjacent to an activating group) is 1. The summed E-state index contributed by atoms with van der Waals surface area (Å²) in [7, 11) is 4.23. The van der Waals surface area contributed by atoms with Gasteiger partial charge in [0.1, 0.15) is 0 Å². The van der Waals surface area contributed by atoms with Crippen molar-refractivity contribution in [2.24, 2.45) is 5.92 Å². The highest BCUT2D eigenvalue weighted by Crippen LogP contribution is 2.32. The monoisotopic (exact) mass is 411 g/mol. The van der Waals surface area contributed by atoms with Crippen molar-refractivity contribution < 1.29 is 13.9 Å². The molecule has 2 aliphatic rings. The first-order chi connectivity index (χ1) is 14.5. The van der Waals surface area contributed by atoms with Gasteiger partial charge in [0, 0.05) is 36.1 Å². The molecule has 1 N–H and O–H groups in total. The average Bonchev–Trinajstić information content (AvgIpc) is 3.42. The number of anilines is 2. The van der Waals surface area contributed by atoms with E-state index in [0.717, 1.165) is 37.5 Å².